The number of rotatable bonds is 8. The zero-order valence-electron chi connectivity index (χ0n) is 12.5. The molecule has 0 saturated carbocycles. The van der Waals surface area contributed by atoms with E-state index in [4.69, 9.17) is 4.74 Å². The monoisotopic (exact) mass is 308 g/mol. The normalized spacial score (nSPS) is 10.4. The number of anilines is 2. The molecule has 0 fully saturated rings. The van der Waals surface area contributed by atoms with Gasteiger partial charge in [0.05, 0.1) is 23.9 Å². The van der Waals surface area contributed by atoms with Crippen LogP contribution < -0.4 is 15.4 Å². The first-order chi connectivity index (χ1) is 10.2. The van der Waals surface area contributed by atoms with Crippen molar-refractivity contribution in [2.75, 3.05) is 23.8 Å². The summed E-state index contributed by atoms with van der Waals surface area (Å²) < 4.78 is 5.37. The minimum absolute atomic E-state index is 0.322. The lowest BCUT2D eigenvalue weighted by Crippen LogP contribution is -2.11. The molecule has 7 nitrogen and oxygen atoms in total. The van der Waals surface area contributed by atoms with Crippen molar-refractivity contribution in [1.82, 2.24) is 19.9 Å². The summed E-state index contributed by atoms with van der Waals surface area (Å²) in [6.07, 6.45) is 0.997. The first-order valence-corrected chi connectivity index (χ1v) is 7.86. The van der Waals surface area contributed by atoms with Crippen LogP contribution in [0.5, 0.6) is 6.01 Å². The van der Waals surface area contributed by atoms with Gasteiger partial charge in [0.25, 0.3) is 0 Å². The van der Waals surface area contributed by atoms with Crippen LogP contribution in [0.15, 0.2) is 5.38 Å². The fourth-order valence-corrected chi connectivity index (χ4v) is 2.22. The number of aromatic nitrogens is 4. The highest BCUT2D eigenvalue weighted by atomic mass is 32.1. The van der Waals surface area contributed by atoms with E-state index < -0.39 is 0 Å². The summed E-state index contributed by atoms with van der Waals surface area (Å²) in [5, 5.41) is 9.35. The average molecular weight is 308 g/mol. The van der Waals surface area contributed by atoms with E-state index in [1.54, 1.807) is 11.3 Å². The van der Waals surface area contributed by atoms with Gasteiger partial charge >= 0.3 is 6.01 Å². The second kappa shape index (κ2) is 7.72. The Balaban J connectivity index is 2.07. The van der Waals surface area contributed by atoms with Crippen LogP contribution in [0.25, 0.3) is 0 Å². The molecule has 0 spiro atoms. The van der Waals surface area contributed by atoms with Gasteiger partial charge in [-0.15, -0.1) is 11.3 Å². The van der Waals surface area contributed by atoms with Gasteiger partial charge in [-0.25, -0.2) is 4.98 Å². The maximum atomic E-state index is 5.37. The maximum absolute atomic E-state index is 5.37. The molecule has 0 bridgehead atoms. The molecule has 0 amide bonds. The number of hydrogen-bond donors (Lipinski definition) is 2. The molecule has 2 N–H and O–H groups in total. The summed E-state index contributed by atoms with van der Waals surface area (Å²) in [4.78, 5) is 17.2. The predicted octanol–water partition coefficient (Wildman–Crippen LogP) is 2.47. The van der Waals surface area contributed by atoms with Crippen LogP contribution in [0, 0.1) is 6.92 Å². The van der Waals surface area contributed by atoms with Crippen molar-refractivity contribution >= 4 is 23.2 Å². The largest absolute Gasteiger partial charge is 0.464 e. The van der Waals surface area contributed by atoms with Crippen LogP contribution in [0.2, 0.25) is 0 Å². The molecular weight excluding hydrogens is 288 g/mol. The van der Waals surface area contributed by atoms with Gasteiger partial charge in [-0.3, -0.25) is 0 Å². The van der Waals surface area contributed by atoms with E-state index in [1.165, 1.54) is 0 Å². The van der Waals surface area contributed by atoms with Crippen molar-refractivity contribution in [2.24, 2.45) is 0 Å². The van der Waals surface area contributed by atoms with Gasteiger partial charge in [0, 0.05) is 11.9 Å². The van der Waals surface area contributed by atoms with Crippen LogP contribution >= 0.6 is 11.3 Å². The number of hydrogen-bond acceptors (Lipinski definition) is 8. The van der Waals surface area contributed by atoms with Gasteiger partial charge in [-0.2, -0.15) is 15.0 Å². The van der Waals surface area contributed by atoms with Crippen molar-refractivity contribution < 1.29 is 4.74 Å². The van der Waals surface area contributed by atoms with Crippen LogP contribution in [0.3, 0.4) is 0 Å². The second-order valence-corrected chi connectivity index (χ2v) is 5.40. The number of nitrogens with one attached hydrogen (secondary N) is 2. The minimum Gasteiger partial charge on any atom is -0.464 e. The van der Waals surface area contributed by atoms with E-state index in [0.29, 0.717) is 31.1 Å². The second-order valence-electron chi connectivity index (χ2n) is 4.34. The Kier molecular flexibility index (Phi) is 5.68. The Bertz CT molecular complexity index is 574. The molecule has 2 heterocycles. The molecule has 0 aliphatic carbocycles. The molecule has 21 heavy (non-hydrogen) atoms. The van der Waals surface area contributed by atoms with Crippen LogP contribution in [0.4, 0.5) is 11.9 Å². The fourth-order valence-electron chi connectivity index (χ4n) is 1.60. The van der Waals surface area contributed by atoms with Gasteiger partial charge < -0.3 is 15.4 Å². The SMILES string of the molecule is CCCNc1nc(NCc2csc(C)n2)nc(OCC)n1. The summed E-state index contributed by atoms with van der Waals surface area (Å²) in [5.74, 6) is 1.00. The first kappa shape index (κ1) is 15.4. The smallest absolute Gasteiger partial charge is 0.323 e. The summed E-state index contributed by atoms with van der Waals surface area (Å²) in [7, 11) is 0. The van der Waals surface area contributed by atoms with E-state index in [9.17, 15) is 0 Å². The van der Waals surface area contributed by atoms with E-state index in [2.05, 4.69) is 37.5 Å². The van der Waals surface area contributed by atoms with Crippen molar-refractivity contribution in [3.8, 4) is 6.01 Å². The van der Waals surface area contributed by atoms with E-state index in [0.717, 1.165) is 23.7 Å². The fraction of sp³-hybridized carbons (Fsp3) is 0.538. The summed E-state index contributed by atoms with van der Waals surface area (Å²) in [6.45, 7) is 7.86. The summed E-state index contributed by atoms with van der Waals surface area (Å²) in [5.41, 5.74) is 0.971. The molecule has 0 atom stereocenters. The molecule has 0 saturated heterocycles. The zero-order chi connectivity index (χ0) is 15.1. The van der Waals surface area contributed by atoms with Crippen LogP contribution in [-0.4, -0.2) is 33.1 Å². The van der Waals surface area contributed by atoms with E-state index in [1.807, 2.05) is 19.2 Å². The molecular formula is C13H20N6OS. The van der Waals surface area contributed by atoms with Crippen molar-refractivity contribution in [2.45, 2.75) is 33.7 Å². The molecule has 8 heteroatoms. The molecule has 0 unspecified atom stereocenters. The van der Waals surface area contributed by atoms with Crippen LogP contribution in [0.1, 0.15) is 31.0 Å². The average Bonchev–Trinajstić information content (AvgIpc) is 2.89. The molecule has 2 aromatic rings. The number of ether oxygens (including phenoxy) is 1. The molecule has 0 aromatic carbocycles. The van der Waals surface area contributed by atoms with E-state index >= 15 is 0 Å². The highest BCUT2D eigenvalue weighted by Crippen LogP contribution is 2.13. The van der Waals surface area contributed by atoms with Crippen molar-refractivity contribution in [3.63, 3.8) is 0 Å². The maximum Gasteiger partial charge on any atom is 0.323 e. The minimum atomic E-state index is 0.322. The van der Waals surface area contributed by atoms with Gasteiger partial charge in [-0.1, -0.05) is 6.92 Å². The van der Waals surface area contributed by atoms with Gasteiger partial charge in [0.1, 0.15) is 0 Å². The number of aryl methyl sites for hydroxylation is 1. The van der Waals surface area contributed by atoms with E-state index in [-0.39, 0.29) is 0 Å². The predicted molar refractivity (Wildman–Crippen MR) is 84.0 cm³/mol. The Hall–Kier alpha value is -1.96. The lowest BCUT2D eigenvalue weighted by atomic mass is 10.5. The lowest BCUT2D eigenvalue weighted by molar-refractivity contribution is 0.312. The summed E-state index contributed by atoms with van der Waals surface area (Å²) >= 11 is 1.62. The van der Waals surface area contributed by atoms with Crippen molar-refractivity contribution in [1.29, 1.82) is 0 Å². The Morgan fingerprint density at radius 2 is 1.86 bits per heavy atom. The van der Waals surface area contributed by atoms with Crippen LogP contribution in [-0.2, 0) is 6.54 Å². The zero-order valence-corrected chi connectivity index (χ0v) is 13.3. The van der Waals surface area contributed by atoms with Crippen molar-refractivity contribution in [3.05, 3.63) is 16.1 Å². The highest BCUT2D eigenvalue weighted by molar-refractivity contribution is 7.09. The third-order valence-corrected chi connectivity index (χ3v) is 3.34. The molecule has 0 aliphatic rings. The number of nitrogens with zero attached hydrogens (tertiary/aromatic N) is 4. The standard InChI is InChI=1S/C13H20N6OS/c1-4-6-14-11-17-12(19-13(18-11)20-5-2)15-7-10-8-21-9(3)16-10/h8H,4-7H2,1-3H3,(H2,14,15,17,18,19). The highest BCUT2D eigenvalue weighted by Gasteiger charge is 2.07. The first-order valence-electron chi connectivity index (χ1n) is 6.99. The Morgan fingerprint density at radius 3 is 2.48 bits per heavy atom. The summed E-state index contributed by atoms with van der Waals surface area (Å²) in [6, 6.07) is 0.322. The Labute approximate surface area is 128 Å². The quantitative estimate of drug-likeness (QED) is 0.775. The third-order valence-electron chi connectivity index (χ3n) is 2.52. The molecule has 0 radical (unpaired) electrons. The number of thiazole rings is 1. The van der Waals surface area contributed by atoms with Gasteiger partial charge in [-0.05, 0) is 20.3 Å². The lowest BCUT2D eigenvalue weighted by Gasteiger charge is -2.09. The molecule has 2 aromatic heterocycles. The van der Waals surface area contributed by atoms with Gasteiger partial charge in [0.15, 0.2) is 0 Å². The topological polar surface area (TPSA) is 84.9 Å². The Morgan fingerprint density at radius 1 is 1.10 bits per heavy atom. The molecule has 0 aliphatic heterocycles. The molecule has 2 rings (SSSR count). The molecule has 114 valence electrons. The third kappa shape index (κ3) is 4.82. The van der Waals surface area contributed by atoms with Gasteiger partial charge in [0.2, 0.25) is 11.9 Å².